The van der Waals surface area contributed by atoms with Crippen molar-refractivity contribution in [2.45, 2.75) is 19.3 Å². The van der Waals surface area contributed by atoms with Crippen LogP contribution < -0.4 is 5.32 Å². The van der Waals surface area contributed by atoms with Gasteiger partial charge in [-0.2, -0.15) is 5.10 Å². The van der Waals surface area contributed by atoms with Crippen LogP contribution in [0, 0.1) is 0 Å². The summed E-state index contributed by atoms with van der Waals surface area (Å²) in [7, 11) is 1.50. The molecule has 6 nitrogen and oxygen atoms in total. The zero-order valence-electron chi connectivity index (χ0n) is 12.3. The number of likely N-dealkylation sites (N-methyl/N-ethyl adjacent to an activating group) is 1. The van der Waals surface area contributed by atoms with Crippen molar-refractivity contribution < 1.29 is 14.3 Å². The summed E-state index contributed by atoms with van der Waals surface area (Å²) < 4.78 is 6.83. The molecular formula is C16H17N3O3. The van der Waals surface area contributed by atoms with Gasteiger partial charge in [0.05, 0.1) is 5.69 Å². The Balaban J connectivity index is 1.90. The highest BCUT2D eigenvalue weighted by Crippen LogP contribution is 2.28. The highest BCUT2D eigenvalue weighted by molar-refractivity contribution is 5.91. The van der Waals surface area contributed by atoms with E-state index in [1.54, 1.807) is 4.68 Å². The van der Waals surface area contributed by atoms with Crippen LogP contribution in [0.15, 0.2) is 30.3 Å². The monoisotopic (exact) mass is 299 g/mol. The summed E-state index contributed by atoms with van der Waals surface area (Å²) >= 11 is 0. The fraction of sp³-hybridized carbons (Fsp3) is 0.312. The Labute approximate surface area is 128 Å². The molecule has 0 aliphatic heterocycles. The van der Waals surface area contributed by atoms with E-state index < -0.39 is 5.97 Å². The summed E-state index contributed by atoms with van der Waals surface area (Å²) in [6, 6.07) is 9.70. The molecule has 1 heterocycles. The van der Waals surface area contributed by atoms with Crippen molar-refractivity contribution in [1.82, 2.24) is 15.1 Å². The fourth-order valence-corrected chi connectivity index (χ4v) is 2.66. The van der Waals surface area contributed by atoms with Crippen LogP contribution >= 0.6 is 0 Å². The second kappa shape index (κ2) is 6.01. The van der Waals surface area contributed by atoms with Crippen LogP contribution in [0.25, 0.3) is 5.69 Å². The number of aromatic nitrogens is 2. The lowest BCUT2D eigenvalue weighted by molar-refractivity contribution is -0.123. The minimum Gasteiger partial charge on any atom is -0.451 e. The second-order valence-electron chi connectivity index (χ2n) is 5.12. The normalized spacial score (nSPS) is 12.8. The number of carbonyl (C=O) groups is 2. The molecule has 1 aromatic carbocycles. The van der Waals surface area contributed by atoms with Crippen LogP contribution in [0.3, 0.4) is 0 Å². The van der Waals surface area contributed by atoms with E-state index in [-0.39, 0.29) is 12.5 Å². The summed E-state index contributed by atoms with van der Waals surface area (Å²) in [6.45, 7) is -0.289. The van der Waals surface area contributed by atoms with Crippen LogP contribution in [0.1, 0.15) is 28.2 Å². The summed E-state index contributed by atoms with van der Waals surface area (Å²) in [5, 5.41) is 6.83. The number of rotatable bonds is 4. The number of amides is 1. The Hall–Kier alpha value is -2.63. The van der Waals surface area contributed by atoms with Crippen LogP contribution in [0.2, 0.25) is 0 Å². The van der Waals surface area contributed by atoms with Gasteiger partial charge in [-0.05, 0) is 31.4 Å². The highest BCUT2D eigenvalue weighted by Gasteiger charge is 2.28. The molecule has 3 rings (SSSR count). The number of nitrogens with zero attached hydrogens (tertiary/aromatic N) is 2. The minimum absolute atomic E-state index is 0.289. The van der Waals surface area contributed by atoms with Gasteiger partial charge in [0, 0.05) is 18.3 Å². The topological polar surface area (TPSA) is 73.2 Å². The van der Waals surface area contributed by atoms with Gasteiger partial charge < -0.3 is 10.1 Å². The standard InChI is InChI=1S/C16H17N3O3/c1-17-14(20)10-22-16(21)15-12-8-5-9-13(12)19(18-15)11-6-3-2-4-7-11/h2-4,6-7H,5,8-10H2,1H3,(H,17,20). The molecule has 0 radical (unpaired) electrons. The number of para-hydroxylation sites is 1. The zero-order chi connectivity index (χ0) is 15.5. The molecule has 1 aliphatic rings. The summed E-state index contributed by atoms with van der Waals surface area (Å²) in [6.07, 6.45) is 2.70. The fourth-order valence-electron chi connectivity index (χ4n) is 2.66. The highest BCUT2D eigenvalue weighted by atomic mass is 16.5. The third-order valence-electron chi connectivity index (χ3n) is 3.74. The average molecular weight is 299 g/mol. The molecule has 0 bridgehead atoms. The number of nitrogens with one attached hydrogen (secondary N) is 1. The van der Waals surface area contributed by atoms with Gasteiger partial charge in [-0.1, -0.05) is 18.2 Å². The Morgan fingerprint density at radius 3 is 2.77 bits per heavy atom. The molecule has 6 heteroatoms. The predicted molar refractivity (Wildman–Crippen MR) is 79.9 cm³/mol. The zero-order valence-corrected chi connectivity index (χ0v) is 12.3. The molecular weight excluding hydrogens is 282 g/mol. The lowest BCUT2D eigenvalue weighted by atomic mass is 10.2. The molecule has 0 unspecified atom stereocenters. The van der Waals surface area contributed by atoms with Gasteiger partial charge in [0.25, 0.3) is 5.91 Å². The first-order valence-corrected chi connectivity index (χ1v) is 7.24. The first-order valence-electron chi connectivity index (χ1n) is 7.24. The molecule has 0 spiro atoms. The van der Waals surface area contributed by atoms with Gasteiger partial charge in [0.15, 0.2) is 12.3 Å². The van der Waals surface area contributed by atoms with Crippen molar-refractivity contribution in [1.29, 1.82) is 0 Å². The third kappa shape index (κ3) is 2.59. The van der Waals surface area contributed by atoms with Crippen molar-refractivity contribution in [2.24, 2.45) is 0 Å². The van der Waals surface area contributed by atoms with Crippen molar-refractivity contribution >= 4 is 11.9 Å². The van der Waals surface area contributed by atoms with Crippen molar-refractivity contribution in [3.63, 3.8) is 0 Å². The summed E-state index contributed by atoms with van der Waals surface area (Å²) in [5.74, 6) is -0.885. The van der Waals surface area contributed by atoms with E-state index in [1.807, 2.05) is 30.3 Å². The quantitative estimate of drug-likeness (QED) is 0.863. The molecule has 0 fully saturated rings. The van der Waals surface area contributed by atoms with Crippen LogP contribution in [-0.4, -0.2) is 35.3 Å². The van der Waals surface area contributed by atoms with Gasteiger partial charge in [-0.15, -0.1) is 0 Å². The van der Waals surface area contributed by atoms with Crippen LogP contribution in [0.4, 0.5) is 0 Å². The first kappa shape index (κ1) is 14.3. The second-order valence-corrected chi connectivity index (χ2v) is 5.12. The van der Waals surface area contributed by atoms with E-state index in [0.29, 0.717) is 5.69 Å². The average Bonchev–Trinajstić information content (AvgIpc) is 3.15. The number of hydrogen-bond acceptors (Lipinski definition) is 4. The Kier molecular flexibility index (Phi) is 3.91. The third-order valence-corrected chi connectivity index (χ3v) is 3.74. The number of fused-ring (bicyclic) bond motifs is 1. The molecule has 114 valence electrons. The van der Waals surface area contributed by atoms with Gasteiger partial charge >= 0.3 is 5.97 Å². The van der Waals surface area contributed by atoms with E-state index in [2.05, 4.69) is 10.4 Å². The van der Waals surface area contributed by atoms with Gasteiger partial charge in [0.2, 0.25) is 0 Å². The predicted octanol–water partition coefficient (Wildman–Crippen LogP) is 1.26. The number of esters is 1. The molecule has 1 aromatic heterocycles. The molecule has 0 atom stereocenters. The molecule has 0 saturated heterocycles. The van der Waals surface area contributed by atoms with E-state index >= 15 is 0 Å². The van der Waals surface area contributed by atoms with E-state index in [4.69, 9.17) is 4.74 Å². The summed E-state index contributed by atoms with van der Waals surface area (Å²) in [5.41, 5.74) is 3.23. The number of benzene rings is 1. The van der Waals surface area contributed by atoms with Gasteiger partial charge in [0.1, 0.15) is 0 Å². The lowest BCUT2D eigenvalue weighted by Crippen LogP contribution is -2.25. The molecule has 1 aliphatic carbocycles. The maximum atomic E-state index is 12.2. The molecule has 1 amide bonds. The lowest BCUT2D eigenvalue weighted by Gasteiger charge is -2.04. The van der Waals surface area contributed by atoms with E-state index in [1.165, 1.54) is 7.05 Å². The van der Waals surface area contributed by atoms with Gasteiger partial charge in [-0.25, -0.2) is 9.48 Å². The molecule has 1 N–H and O–H groups in total. The summed E-state index contributed by atoms with van der Waals surface area (Å²) in [4.78, 5) is 23.4. The molecule has 0 saturated carbocycles. The number of carbonyl (C=O) groups excluding carboxylic acids is 2. The van der Waals surface area contributed by atoms with Crippen molar-refractivity contribution in [2.75, 3.05) is 13.7 Å². The SMILES string of the molecule is CNC(=O)COC(=O)c1nn(-c2ccccc2)c2c1CCC2. The van der Waals surface area contributed by atoms with Crippen LogP contribution in [-0.2, 0) is 22.4 Å². The number of hydrogen-bond donors (Lipinski definition) is 1. The Morgan fingerprint density at radius 1 is 1.27 bits per heavy atom. The van der Waals surface area contributed by atoms with Crippen molar-refractivity contribution in [3.05, 3.63) is 47.3 Å². The van der Waals surface area contributed by atoms with Gasteiger partial charge in [-0.3, -0.25) is 4.79 Å². The largest absolute Gasteiger partial charge is 0.451 e. The maximum Gasteiger partial charge on any atom is 0.359 e. The number of ether oxygens (including phenoxy) is 1. The maximum absolute atomic E-state index is 12.2. The van der Waals surface area contributed by atoms with Crippen molar-refractivity contribution in [3.8, 4) is 5.69 Å². The van der Waals surface area contributed by atoms with E-state index in [9.17, 15) is 9.59 Å². The van der Waals surface area contributed by atoms with Crippen LogP contribution in [0.5, 0.6) is 0 Å². The van der Waals surface area contributed by atoms with E-state index in [0.717, 1.165) is 36.2 Å². The molecule has 2 aromatic rings. The Morgan fingerprint density at radius 2 is 2.05 bits per heavy atom. The smallest absolute Gasteiger partial charge is 0.359 e. The molecule has 22 heavy (non-hydrogen) atoms. The minimum atomic E-state index is -0.545. The Bertz CT molecular complexity index is 707. The first-order chi connectivity index (χ1) is 10.7.